The Balaban J connectivity index is 1.98. The molecule has 0 N–H and O–H groups in total. The van der Waals surface area contributed by atoms with Gasteiger partial charge >= 0.3 is 0 Å². The molecule has 0 aliphatic carbocycles. The Morgan fingerprint density at radius 2 is 1.83 bits per heavy atom. The van der Waals surface area contributed by atoms with Crippen LogP contribution in [0.1, 0.15) is 87.8 Å². The van der Waals surface area contributed by atoms with Crippen molar-refractivity contribution >= 4 is 10.9 Å². The largest absolute Gasteiger partial charge is 0.216 e. The number of pyridine rings is 1. The van der Waals surface area contributed by atoms with Gasteiger partial charge in [-0.3, -0.25) is 0 Å². The highest BCUT2D eigenvalue weighted by Gasteiger charge is 2.28. The Bertz CT molecular complexity index is 686. The molecule has 1 aliphatic rings. The Kier molecular flexibility index (Phi) is 5.92. The Morgan fingerprint density at radius 1 is 1.04 bits per heavy atom. The lowest BCUT2D eigenvalue weighted by atomic mass is 9.84. The molecule has 1 nitrogen and oxygen atoms in total. The van der Waals surface area contributed by atoms with Crippen LogP contribution in [0.5, 0.6) is 0 Å². The first-order valence-corrected chi connectivity index (χ1v) is 10.2. The minimum absolute atomic E-state index is 0.768. The van der Waals surface area contributed by atoms with E-state index in [9.17, 15) is 0 Å². The van der Waals surface area contributed by atoms with Gasteiger partial charge in [-0.2, -0.15) is 4.57 Å². The summed E-state index contributed by atoms with van der Waals surface area (Å²) in [6.45, 7) is 8.07. The summed E-state index contributed by atoms with van der Waals surface area (Å²) in [7, 11) is 0. The smallest absolute Gasteiger partial charge is 0.198 e. The zero-order valence-electron chi connectivity index (χ0n) is 15.9. The first-order chi connectivity index (χ1) is 11.7. The molecular weight excluding hydrogens is 290 g/mol. The fourth-order valence-electron chi connectivity index (χ4n) is 4.39. The van der Waals surface area contributed by atoms with Crippen molar-refractivity contribution in [2.24, 2.45) is 0 Å². The van der Waals surface area contributed by atoms with Crippen LogP contribution < -0.4 is 4.57 Å². The van der Waals surface area contributed by atoms with Crippen molar-refractivity contribution in [1.82, 2.24) is 0 Å². The van der Waals surface area contributed by atoms with Crippen molar-refractivity contribution in [2.45, 2.75) is 91.0 Å². The summed E-state index contributed by atoms with van der Waals surface area (Å²) >= 11 is 0. The Morgan fingerprint density at radius 3 is 2.62 bits per heavy atom. The van der Waals surface area contributed by atoms with E-state index in [2.05, 4.69) is 49.7 Å². The van der Waals surface area contributed by atoms with E-state index < -0.39 is 0 Å². The molecule has 1 atom stereocenters. The van der Waals surface area contributed by atoms with Crippen molar-refractivity contribution in [1.29, 1.82) is 0 Å². The normalized spacial score (nSPS) is 16.7. The maximum absolute atomic E-state index is 2.52. The molecule has 24 heavy (non-hydrogen) atoms. The van der Waals surface area contributed by atoms with Crippen molar-refractivity contribution < 1.29 is 4.57 Å². The number of aryl methyl sites for hydroxylation is 3. The zero-order chi connectivity index (χ0) is 16.9. The van der Waals surface area contributed by atoms with Gasteiger partial charge in [0.15, 0.2) is 6.20 Å². The highest BCUT2D eigenvalue weighted by molar-refractivity contribution is 5.84. The topological polar surface area (TPSA) is 3.88 Å². The van der Waals surface area contributed by atoms with Gasteiger partial charge in [0.1, 0.15) is 6.54 Å². The van der Waals surface area contributed by atoms with Crippen LogP contribution in [0.3, 0.4) is 0 Å². The predicted molar refractivity (Wildman–Crippen MR) is 104 cm³/mol. The zero-order valence-corrected chi connectivity index (χ0v) is 15.9. The number of nitrogens with zero attached hydrogens (tertiary/aromatic N) is 1. The number of hydrogen-bond donors (Lipinski definition) is 0. The van der Waals surface area contributed by atoms with Gasteiger partial charge in [-0.05, 0) is 55.4 Å². The molecule has 0 fully saturated rings. The first kappa shape index (κ1) is 17.5. The molecule has 1 unspecified atom stereocenters. The Labute approximate surface area is 148 Å². The lowest BCUT2D eigenvalue weighted by Crippen LogP contribution is -2.39. The second-order valence-corrected chi connectivity index (χ2v) is 7.72. The van der Waals surface area contributed by atoms with E-state index in [1.165, 1.54) is 75.3 Å². The quantitative estimate of drug-likeness (QED) is 0.400. The van der Waals surface area contributed by atoms with E-state index in [0.29, 0.717) is 0 Å². The SMILES string of the molecule is CCCCCc1cc[n+]2c3c(cc(C)cc13)C(CCCCC)CC2. The molecule has 0 bridgehead atoms. The second-order valence-electron chi connectivity index (χ2n) is 7.72. The first-order valence-electron chi connectivity index (χ1n) is 10.2. The van der Waals surface area contributed by atoms with Gasteiger partial charge in [0.05, 0.1) is 5.39 Å². The van der Waals surface area contributed by atoms with Gasteiger partial charge in [-0.15, -0.1) is 0 Å². The molecule has 1 aromatic heterocycles. The molecule has 2 aromatic rings. The molecule has 1 aliphatic heterocycles. The molecule has 1 heteroatoms. The number of hydrogen-bond acceptors (Lipinski definition) is 0. The van der Waals surface area contributed by atoms with Gasteiger partial charge in [-0.1, -0.05) is 46.0 Å². The molecule has 0 radical (unpaired) electrons. The molecule has 0 saturated heterocycles. The van der Waals surface area contributed by atoms with Crippen molar-refractivity contribution in [3.63, 3.8) is 0 Å². The molecule has 0 saturated carbocycles. The summed E-state index contributed by atoms with van der Waals surface area (Å²) in [5.74, 6) is 0.768. The molecule has 1 aromatic carbocycles. The Hall–Kier alpha value is -1.37. The van der Waals surface area contributed by atoms with E-state index in [1.807, 2.05) is 0 Å². The number of benzene rings is 1. The van der Waals surface area contributed by atoms with Gasteiger partial charge < -0.3 is 0 Å². The van der Waals surface area contributed by atoms with Crippen LogP contribution in [-0.4, -0.2) is 0 Å². The highest BCUT2D eigenvalue weighted by Crippen LogP contribution is 2.35. The third-order valence-electron chi connectivity index (χ3n) is 5.74. The highest BCUT2D eigenvalue weighted by atomic mass is 15.0. The third kappa shape index (κ3) is 3.66. The van der Waals surface area contributed by atoms with Gasteiger partial charge in [0.2, 0.25) is 5.52 Å². The summed E-state index contributed by atoms with van der Waals surface area (Å²) in [5.41, 5.74) is 6.18. The van der Waals surface area contributed by atoms with Crippen LogP contribution >= 0.6 is 0 Å². The van der Waals surface area contributed by atoms with Crippen molar-refractivity contribution in [2.75, 3.05) is 0 Å². The van der Waals surface area contributed by atoms with Crippen LogP contribution in [0.2, 0.25) is 0 Å². The van der Waals surface area contributed by atoms with E-state index in [0.717, 1.165) is 5.92 Å². The maximum atomic E-state index is 2.52. The average molecular weight is 325 g/mol. The van der Waals surface area contributed by atoms with Gasteiger partial charge in [-0.25, -0.2) is 0 Å². The van der Waals surface area contributed by atoms with Crippen molar-refractivity contribution in [3.05, 3.63) is 41.1 Å². The van der Waals surface area contributed by atoms with E-state index in [1.54, 1.807) is 16.6 Å². The summed E-state index contributed by atoms with van der Waals surface area (Å²) in [6, 6.07) is 7.30. The molecule has 2 heterocycles. The third-order valence-corrected chi connectivity index (χ3v) is 5.74. The number of aromatic nitrogens is 1. The van der Waals surface area contributed by atoms with Gasteiger partial charge in [0.25, 0.3) is 0 Å². The monoisotopic (exact) mass is 324 g/mol. The van der Waals surface area contributed by atoms with Crippen LogP contribution in [-0.2, 0) is 13.0 Å². The molecular formula is C23H34N+. The fourth-order valence-corrected chi connectivity index (χ4v) is 4.39. The lowest BCUT2D eigenvalue weighted by Gasteiger charge is -2.23. The van der Waals surface area contributed by atoms with E-state index in [-0.39, 0.29) is 0 Å². The number of unbranched alkanes of at least 4 members (excludes halogenated alkanes) is 4. The van der Waals surface area contributed by atoms with E-state index in [4.69, 9.17) is 0 Å². The standard InChI is InChI=1S/C23H34N/c1-4-6-8-10-19-12-14-24-15-13-20(11-9-7-5-2)22-17-18(3)16-21(19)23(22)24/h12,14,16-17,20H,4-11,13,15H2,1-3H3/q+1. The minimum Gasteiger partial charge on any atom is -0.198 e. The van der Waals surface area contributed by atoms with Crippen LogP contribution in [0.15, 0.2) is 24.4 Å². The molecule has 130 valence electrons. The van der Waals surface area contributed by atoms with E-state index >= 15 is 0 Å². The molecule has 0 spiro atoms. The summed E-state index contributed by atoms with van der Waals surface area (Å²) in [6.07, 6.45) is 14.3. The van der Waals surface area contributed by atoms with Crippen LogP contribution in [0.4, 0.5) is 0 Å². The second kappa shape index (κ2) is 8.14. The maximum Gasteiger partial charge on any atom is 0.216 e. The average Bonchev–Trinajstić information content (AvgIpc) is 2.58. The summed E-state index contributed by atoms with van der Waals surface area (Å²) in [4.78, 5) is 0. The summed E-state index contributed by atoms with van der Waals surface area (Å²) in [5, 5.41) is 1.53. The van der Waals surface area contributed by atoms with Crippen molar-refractivity contribution in [3.8, 4) is 0 Å². The van der Waals surface area contributed by atoms with Gasteiger partial charge in [0, 0.05) is 18.1 Å². The number of rotatable bonds is 8. The fraction of sp³-hybridized carbons (Fsp3) is 0.609. The van der Waals surface area contributed by atoms with Crippen LogP contribution in [0, 0.1) is 6.92 Å². The predicted octanol–water partition coefficient (Wildman–Crippen LogP) is 6.24. The molecule has 0 amide bonds. The van der Waals surface area contributed by atoms with Crippen LogP contribution in [0.25, 0.3) is 10.9 Å². The summed E-state index contributed by atoms with van der Waals surface area (Å²) < 4.78 is 2.52. The lowest BCUT2D eigenvalue weighted by molar-refractivity contribution is -0.675. The molecule has 3 rings (SSSR count). The minimum atomic E-state index is 0.768.